The Labute approximate surface area is 175 Å². The lowest BCUT2D eigenvalue weighted by Gasteiger charge is -2.36. The third-order valence-corrected chi connectivity index (χ3v) is 5.59. The molecule has 0 aliphatic heterocycles. The molecule has 0 unspecified atom stereocenters. The van der Waals surface area contributed by atoms with E-state index in [0.717, 1.165) is 24.2 Å². The van der Waals surface area contributed by atoms with Gasteiger partial charge < -0.3 is 20.1 Å². The summed E-state index contributed by atoms with van der Waals surface area (Å²) in [5, 5.41) is 13.7. The predicted molar refractivity (Wildman–Crippen MR) is 112 cm³/mol. The highest BCUT2D eigenvalue weighted by Crippen LogP contribution is 2.29. The van der Waals surface area contributed by atoms with Crippen LogP contribution in [0.3, 0.4) is 0 Å². The molecule has 0 bridgehead atoms. The molecule has 0 spiro atoms. The number of carbonyl (C=O) groups is 1. The summed E-state index contributed by atoms with van der Waals surface area (Å²) in [5.74, 6) is 0.745. The van der Waals surface area contributed by atoms with Crippen molar-refractivity contribution in [2.75, 3.05) is 12.4 Å². The van der Waals surface area contributed by atoms with Crippen LogP contribution >= 0.6 is 23.2 Å². The number of carbonyl (C=O) groups excluding carboxylic acids is 1. The van der Waals surface area contributed by atoms with Crippen molar-refractivity contribution >= 4 is 34.9 Å². The predicted octanol–water partition coefficient (Wildman–Crippen LogP) is 5.34. The number of hydrogen-bond acceptors (Lipinski definition) is 3. The van der Waals surface area contributed by atoms with Crippen molar-refractivity contribution in [3.63, 3.8) is 0 Å². The van der Waals surface area contributed by atoms with Gasteiger partial charge in [0, 0.05) is 17.6 Å². The molecule has 1 fully saturated rings. The van der Waals surface area contributed by atoms with E-state index in [2.05, 4.69) is 5.32 Å². The van der Waals surface area contributed by atoms with E-state index in [1.807, 2.05) is 24.3 Å². The van der Waals surface area contributed by atoms with Gasteiger partial charge in [-0.05, 0) is 61.6 Å². The number of rotatable bonds is 5. The van der Waals surface area contributed by atoms with Crippen LogP contribution in [0.5, 0.6) is 5.75 Å². The summed E-state index contributed by atoms with van der Waals surface area (Å²) in [4.78, 5) is 14.9. The van der Waals surface area contributed by atoms with Gasteiger partial charge in [0.2, 0.25) is 0 Å². The molecule has 28 heavy (non-hydrogen) atoms. The Bertz CT molecular complexity index is 823. The minimum Gasteiger partial charge on any atom is -0.497 e. The third kappa shape index (κ3) is 5.31. The van der Waals surface area contributed by atoms with Crippen molar-refractivity contribution in [1.82, 2.24) is 4.90 Å². The van der Waals surface area contributed by atoms with E-state index < -0.39 is 0 Å². The van der Waals surface area contributed by atoms with Crippen LogP contribution in [0.25, 0.3) is 0 Å². The number of aliphatic hydroxyl groups is 1. The average molecular weight is 423 g/mol. The van der Waals surface area contributed by atoms with E-state index in [4.69, 9.17) is 27.9 Å². The Balaban J connectivity index is 1.82. The normalized spacial score (nSPS) is 19.1. The topological polar surface area (TPSA) is 61.8 Å². The second kappa shape index (κ2) is 9.50. The summed E-state index contributed by atoms with van der Waals surface area (Å²) >= 11 is 12.3. The zero-order valence-electron chi connectivity index (χ0n) is 15.7. The van der Waals surface area contributed by atoms with Crippen LogP contribution in [0.1, 0.15) is 31.2 Å². The van der Waals surface area contributed by atoms with Gasteiger partial charge in [-0.3, -0.25) is 0 Å². The second-order valence-corrected chi connectivity index (χ2v) is 7.84. The highest BCUT2D eigenvalue weighted by Gasteiger charge is 2.29. The van der Waals surface area contributed by atoms with Crippen molar-refractivity contribution in [2.24, 2.45) is 0 Å². The number of ether oxygens (including phenoxy) is 1. The van der Waals surface area contributed by atoms with Crippen LogP contribution in [0.15, 0.2) is 42.5 Å². The number of hydrogen-bond donors (Lipinski definition) is 2. The zero-order chi connectivity index (χ0) is 20.1. The molecule has 7 heteroatoms. The van der Waals surface area contributed by atoms with E-state index >= 15 is 0 Å². The summed E-state index contributed by atoms with van der Waals surface area (Å²) in [6, 6.07) is 12.4. The van der Waals surface area contributed by atoms with Gasteiger partial charge in [0.1, 0.15) is 5.75 Å². The van der Waals surface area contributed by atoms with Crippen LogP contribution in [0, 0.1) is 0 Å². The smallest absolute Gasteiger partial charge is 0.322 e. The Morgan fingerprint density at radius 3 is 2.64 bits per heavy atom. The monoisotopic (exact) mass is 422 g/mol. The van der Waals surface area contributed by atoms with E-state index in [1.54, 1.807) is 30.2 Å². The minimum atomic E-state index is -0.291. The molecule has 2 amide bonds. The molecule has 150 valence electrons. The Morgan fingerprint density at radius 1 is 1.18 bits per heavy atom. The first-order valence-corrected chi connectivity index (χ1v) is 10.1. The standard InChI is InChI=1S/C21H24Cl2N2O3/c1-28-18-4-2-3-14(11-18)13-25(16-6-8-17(26)9-7-16)21(27)24-20-12-15(22)5-10-19(20)23/h2-5,10-12,16-17,26H,6-9,13H2,1H3,(H,24,27). The van der Waals surface area contributed by atoms with Gasteiger partial charge >= 0.3 is 6.03 Å². The molecule has 1 saturated carbocycles. The van der Waals surface area contributed by atoms with Crippen LogP contribution in [0.4, 0.5) is 10.5 Å². The highest BCUT2D eigenvalue weighted by atomic mass is 35.5. The van der Waals surface area contributed by atoms with Gasteiger partial charge in [-0.25, -0.2) is 4.79 Å². The summed E-state index contributed by atoms with van der Waals surface area (Å²) in [7, 11) is 1.62. The molecule has 1 aliphatic carbocycles. The quantitative estimate of drug-likeness (QED) is 0.683. The lowest BCUT2D eigenvalue weighted by atomic mass is 9.92. The first-order valence-electron chi connectivity index (χ1n) is 9.30. The maximum absolute atomic E-state index is 13.1. The first-order chi connectivity index (χ1) is 13.5. The molecular weight excluding hydrogens is 399 g/mol. The van der Waals surface area contributed by atoms with Crippen LogP contribution in [0.2, 0.25) is 10.0 Å². The number of anilines is 1. The number of aliphatic hydroxyl groups excluding tert-OH is 1. The van der Waals surface area contributed by atoms with Gasteiger partial charge in [-0.1, -0.05) is 35.3 Å². The van der Waals surface area contributed by atoms with Gasteiger partial charge in [0.25, 0.3) is 0 Å². The van der Waals surface area contributed by atoms with Crippen molar-refractivity contribution in [3.8, 4) is 5.75 Å². The van der Waals surface area contributed by atoms with Crippen molar-refractivity contribution in [3.05, 3.63) is 58.1 Å². The Kier molecular flexibility index (Phi) is 7.05. The van der Waals surface area contributed by atoms with Gasteiger partial charge in [-0.15, -0.1) is 0 Å². The molecule has 3 rings (SSSR count). The van der Waals surface area contributed by atoms with E-state index in [-0.39, 0.29) is 18.2 Å². The number of halogens is 2. The molecule has 0 aromatic heterocycles. The lowest BCUT2D eigenvalue weighted by Crippen LogP contribution is -2.44. The largest absolute Gasteiger partial charge is 0.497 e. The molecule has 1 aliphatic rings. The van der Waals surface area contributed by atoms with E-state index in [0.29, 0.717) is 35.1 Å². The molecular formula is C21H24Cl2N2O3. The fraction of sp³-hybridized carbons (Fsp3) is 0.381. The molecule has 5 nitrogen and oxygen atoms in total. The number of nitrogens with zero attached hydrogens (tertiary/aromatic N) is 1. The lowest BCUT2D eigenvalue weighted by molar-refractivity contribution is 0.0849. The summed E-state index contributed by atoms with van der Waals surface area (Å²) < 4.78 is 5.30. The van der Waals surface area contributed by atoms with E-state index in [9.17, 15) is 9.90 Å². The minimum absolute atomic E-state index is 0.0348. The Hall–Kier alpha value is -1.95. The number of methoxy groups -OCH3 is 1. The van der Waals surface area contributed by atoms with E-state index in [1.165, 1.54) is 0 Å². The molecule has 0 heterocycles. The molecule has 0 atom stereocenters. The SMILES string of the molecule is COc1cccc(CN(C(=O)Nc2cc(Cl)ccc2Cl)C2CCC(O)CC2)c1. The summed E-state index contributed by atoms with van der Waals surface area (Å²) in [5.41, 5.74) is 1.45. The summed E-state index contributed by atoms with van der Waals surface area (Å²) in [6.45, 7) is 0.433. The highest BCUT2D eigenvalue weighted by molar-refractivity contribution is 6.35. The van der Waals surface area contributed by atoms with Crippen molar-refractivity contribution in [1.29, 1.82) is 0 Å². The number of urea groups is 1. The maximum atomic E-state index is 13.1. The number of amides is 2. The van der Waals surface area contributed by atoms with Gasteiger partial charge in [-0.2, -0.15) is 0 Å². The summed E-state index contributed by atoms with van der Waals surface area (Å²) in [6.07, 6.45) is 2.58. The number of benzene rings is 2. The fourth-order valence-electron chi connectivity index (χ4n) is 3.48. The average Bonchev–Trinajstić information content (AvgIpc) is 2.70. The first kappa shape index (κ1) is 20.8. The molecule has 2 aromatic rings. The van der Waals surface area contributed by atoms with Crippen LogP contribution in [-0.4, -0.2) is 35.3 Å². The molecule has 2 N–H and O–H groups in total. The van der Waals surface area contributed by atoms with Crippen LogP contribution < -0.4 is 10.1 Å². The molecule has 2 aromatic carbocycles. The second-order valence-electron chi connectivity index (χ2n) is 7.00. The Morgan fingerprint density at radius 2 is 1.93 bits per heavy atom. The van der Waals surface area contributed by atoms with Gasteiger partial charge in [0.05, 0.1) is 23.9 Å². The van der Waals surface area contributed by atoms with Crippen molar-refractivity contribution < 1.29 is 14.6 Å². The van der Waals surface area contributed by atoms with Crippen molar-refractivity contribution in [2.45, 2.75) is 44.4 Å². The van der Waals surface area contributed by atoms with Crippen LogP contribution in [-0.2, 0) is 6.54 Å². The maximum Gasteiger partial charge on any atom is 0.322 e. The molecule has 0 radical (unpaired) electrons. The number of nitrogens with one attached hydrogen (secondary N) is 1. The zero-order valence-corrected chi connectivity index (χ0v) is 17.2. The fourth-order valence-corrected chi connectivity index (χ4v) is 3.82. The molecule has 0 saturated heterocycles. The van der Waals surface area contributed by atoms with Gasteiger partial charge in [0.15, 0.2) is 0 Å². The third-order valence-electron chi connectivity index (χ3n) is 5.02.